The van der Waals surface area contributed by atoms with E-state index < -0.39 is 5.82 Å². The van der Waals surface area contributed by atoms with Gasteiger partial charge in [-0.05, 0) is 31.7 Å². The second-order valence-corrected chi connectivity index (χ2v) is 5.56. The number of guanidine groups is 1. The normalized spacial score (nSPS) is 11.5. The molecule has 0 aliphatic rings. The number of aliphatic imine (C=N–C) groups is 1. The van der Waals surface area contributed by atoms with Crippen LogP contribution < -0.4 is 16.0 Å². The zero-order chi connectivity index (χ0) is 18.5. The molecule has 0 aliphatic heterocycles. The van der Waals surface area contributed by atoms with Gasteiger partial charge in [-0.1, -0.05) is 6.07 Å². The molecule has 0 fully saturated rings. The van der Waals surface area contributed by atoms with E-state index >= 15 is 0 Å². The van der Waals surface area contributed by atoms with Crippen LogP contribution in [0.2, 0.25) is 0 Å². The number of carbonyl (C=O) groups excluding carboxylic acids is 1. The van der Waals surface area contributed by atoms with E-state index in [1.165, 1.54) is 12.1 Å². The fraction of sp³-hybridized carbons (Fsp3) is 0.529. The first-order valence-electron chi connectivity index (χ1n) is 8.22. The molecule has 0 saturated carbocycles. The number of hydrogen-bond donors (Lipinski definition) is 3. The Hall–Kier alpha value is -2.19. The van der Waals surface area contributed by atoms with Crippen LogP contribution in [-0.2, 0) is 9.53 Å². The topological polar surface area (TPSA) is 78.0 Å². The molecule has 0 radical (unpaired) electrons. The van der Waals surface area contributed by atoms with Crippen molar-refractivity contribution in [1.29, 1.82) is 0 Å². The summed E-state index contributed by atoms with van der Waals surface area (Å²) in [5, 5.41) is 8.69. The summed E-state index contributed by atoms with van der Waals surface area (Å²) in [6.45, 7) is 3.30. The Bertz CT molecular complexity index is 554. The molecule has 3 N–H and O–H groups in total. The van der Waals surface area contributed by atoms with Crippen molar-refractivity contribution in [2.24, 2.45) is 4.99 Å². The lowest BCUT2D eigenvalue weighted by molar-refractivity contribution is -0.115. The van der Waals surface area contributed by atoms with Crippen LogP contribution in [0.15, 0.2) is 29.3 Å². The summed E-state index contributed by atoms with van der Waals surface area (Å²) >= 11 is 0. The lowest BCUT2D eigenvalue weighted by atomic mass is 10.3. The molecule has 0 atom stereocenters. The molecular formula is C17H28FN5O2. The minimum atomic E-state index is -0.391. The number of halogens is 1. The zero-order valence-corrected chi connectivity index (χ0v) is 15.1. The molecular weight excluding hydrogens is 325 g/mol. The van der Waals surface area contributed by atoms with E-state index in [-0.39, 0.29) is 12.5 Å². The van der Waals surface area contributed by atoms with Crippen LogP contribution in [-0.4, -0.2) is 70.8 Å². The van der Waals surface area contributed by atoms with Gasteiger partial charge in [-0.2, -0.15) is 0 Å². The molecule has 1 rings (SSSR count). The number of anilines is 1. The first-order valence-corrected chi connectivity index (χ1v) is 8.22. The van der Waals surface area contributed by atoms with Crippen molar-refractivity contribution >= 4 is 17.6 Å². The monoisotopic (exact) mass is 353 g/mol. The first-order chi connectivity index (χ1) is 12.0. The van der Waals surface area contributed by atoms with E-state index in [2.05, 4.69) is 25.8 Å². The summed E-state index contributed by atoms with van der Waals surface area (Å²) in [6.07, 6.45) is 0.986. The van der Waals surface area contributed by atoms with Crippen LogP contribution in [0.4, 0.5) is 10.1 Å². The predicted molar refractivity (Wildman–Crippen MR) is 98.4 cm³/mol. The maximum Gasteiger partial charge on any atom is 0.243 e. The first kappa shape index (κ1) is 20.9. The van der Waals surface area contributed by atoms with Crippen molar-refractivity contribution in [1.82, 2.24) is 15.5 Å². The highest BCUT2D eigenvalue weighted by Gasteiger charge is 2.05. The Balaban J connectivity index is 2.24. The number of nitrogens with zero attached hydrogens (tertiary/aromatic N) is 2. The average Bonchev–Trinajstić information content (AvgIpc) is 2.58. The second-order valence-electron chi connectivity index (χ2n) is 5.56. The SMILES string of the molecule is CN=C(NCCN(C)CCCOC)NCC(=O)Nc1cccc(F)c1. The lowest BCUT2D eigenvalue weighted by Gasteiger charge is -2.18. The van der Waals surface area contributed by atoms with Gasteiger partial charge in [0, 0.05) is 46.1 Å². The van der Waals surface area contributed by atoms with Crippen LogP contribution in [0.25, 0.3) is 0 Å². The Morgan fingerprint density at radius 1 is 1.32 bits per heavy atom. The van der Waals surface area contributed by atoms with Crippen molar-refractivity contribution < 1.29 is 13.9 Å². The molecule has 25 heavy (non-hydrogen) atoms. The zero-order valence-electron chi connectivity index (χ0n) is 15.1. The van der Waals surface area contributed by atoms with Crippen molar-refractivity contribution in [2.45, 2.75) is 6.42 Å². The third-order valence-corrected chi connectivity index (χ3v) is 3.42. The van der Waals surface area contributed by atoms with Crippen molar-refractivity contribution in [3.8, 4) is 0 Å². The average molecular weight is 353 g/mol. The number of benzene rings is 1. The van der Waals surface area contributed by atoms with E-state index in [4.69, 9.17) is 4.74 Å². The quantitative estimate of drug-likeness (QED) is 0.331. The fourth-order valence-electron chi connectivity index (χ4n) is 2.11. The van der Waals surface area contributed by atoms with Gasteiger partial charge in [0.15, 0.2) is 5.96 Å². The standard InChI is InChI=1S/C17H28FN5O2/c1-19-17(20-8-10-23(2)9-5-11-25-3)21-13-16(24)22-15-7-4-6-14(18)12-15/h4,6-7,12H,5,8-11,13H2,1-3H3,(H,22,24)(H2,19,20,21). The largest absolute Gasteiger partial charge is 0.385 e. The van der Waals surface area contributed by atoms with E-state index in [0.29, 0.717) is 18.2 Å². The molecule has 8 heteroatoms. The third-order valence-electron chi connectivity index (χ3n) is 3.42. The molecule has 0 aromatic heterocycles. The van der Waals surface area contributed by atoms with Gasteiger partial charge in [0.2, 0.25) is 5.91 Å². The molecule has 1 aromatic carbocycles. The molecule has 1 aromatic rings. The van der Waals surface area contributed by atoms with Crippen LogP contribution in [0, 0.1) is 5.82 Å². The van der Waals surface area contributed by atoms with Crippen LogP contribution in [0.1, 0.15) is 6.42 Å². The maximum atomic E-state index is 13.1. The second kappa shape index (κ2) is 12.2. The van der Waals surface area contributed by atoms with E-state index in [0.717, 1.165) is 26.1 Å². The molecule has 0 spiro atoms. The lowest BCUT2D eigenvalue weighted by Crippen LogP contribution is -2.43. The number of likely N-dealkylation sites (N-methyl/N-ethyl adjacent to an activating group) is 1. The highest BCUT2D eigenvalue weighted by Crippen LogP contribution is 2.08. The number of ether oxygens (including phenoxy) is 1. The van der Waals surface area contributed by atoms with Crippen LogP contribution >= 0.6 is 0 Å². The fourth-order valence-corrected chi connectivity index (χ4v) is 2.11. The number of methoxy groups -OCH3 is 1. The van der Waals surface area contributed by atoms with Crippen molar-refractivity contribution in [3.63, 3.8) is 0 Å². The van der Waals surface area contributed by atoms with Crippen molar-refractivity contribution in [2.75, 3.05) is 59.3 Å². The molecule has 0 heterocycles. The summed E-state index contributed by atoms with van der Waals surface area (Å²) in [5.74, 6) is -0.122. The van der Waals surface area contributed by atoms with Gasteiger partial charge in [0.05, 0.1) is 6.54 Å². The minimum Gasteiger partial charge on any atom is -0.385 e. The Labute approximate surface area is 148 Å². The number of nitrogens with one attached hydrogen (secondary N) is 3. The van der Waals surface area contributed by atoms with Gasteiger partial charge in [-0.25, -0.2) is 4.39 Å². The molecule has 0 saturated heterocycles. The number of carbonyl (C=O) groups is 1. The highest BCUT2D eigenvalue weighted by atomic mass is 19.1. The third kappa shape index (κ3) is 9.63. The van der Waals surface area contributed by atoms with Gasteiger partial charge < -0.3 is 25.6 Å². The molecule has 0 aliphatic carbocycles. The van der Waals surface area contributed by atoms with Crippen LogP contribution in [0.5, 0.6) is 0 Å². The number of amides is 1. The Morgan fingerprint density at radius 2 is 2.12 bits per heavy atom. The summed E-state index contributed by atoms with van der Waals surface area (Å²) < 4.78 is 18.1. The molecule has 1 amide bonds. The van der Waals surface area contributed by atoms with E-state index in [1.54, 1.807) is 26.3 Å². The maximum absolute atomic E-state index is 13.1. The molecule has 7 nitrogen and oxygen atoms in total. The van der Waals surface area contributed by atoms with Gasteiger partial charge in [-0.3, -0.25) is 9.79 Å². The molecule has 0 bridgehead atoms. The number of rotatable bonds is 10. The Kier molecular flexibility index (Phi) is 10.2. The van der Waals surface area contributed by atoms with Gasteiger partial charge in [0.25, 0.3) is 0 Å². The summed E-state index contributed by atoms with van der Waals surface area (Å²) in [5.41, 5.74) is 0.424. The molecule has 0 unspecified atom stereocenters. The van der Waals surface area contributed by atoms with Gasteiger partial charge in [-0.15, -0.1) is 0 Å². The summed E-state index contributed by atoms with van der Waals surface area (Å²) in [4.78, 5) is 18.1. The summed E-state index contributed by atoms with van der Waals surface area (Å²) in [6, 6.07) is 5.77. The van der Waals surface area contributed by atoms with E-state index in [1.807, 2.05) is 7.05 Å². The smallest absolute Gasteiger partial charge is 0.243 e. The highest BCUT2D eigenvalue weighted by molar-refractivity contribution is 5.94. The molecule has 140 valence electrons. The number of hydrogen-bond acceptors (Lipinski definition) is 4. The van der Waals surface area contributed by atoms with Gasteiger partial charge in [0.1, 0.15) is 5.82 Å². The van der Waals surface area contributed by atoms with Crippen LogP contribution in [0.3, 0.4) is 0 Å². The minimum absolute atomic E-state index is 0.0415. The summed E-state index contributed by atoms with van der Waals surface area (Å²) in [7, 11) is 5.38. The van der Waals surface area contributed by atoms with Gasteiger partial charge >= 0.3 is 0 Å². The predicted octanol–water partition coefficient (Wildman–Crippen LogP) is 0.898. The van der Waals surface area contributed by atoms with Crippen molar-refractivity contribution in [3.05, 3.63) is 30.1 Å². The van der Waals surface area contributed by atoms with E-state index in [9.17, 15) is 9.18 Å². The Morgan fingerprint density at radius 3 is 2.80 bits per heavy atom.